The van der Waals surface area contributed by atoms with Gasteiger partial charge in [-0.1, -0.05) is 36.4 Å². The van der Waals surface area contributed by atoms with E-state index in [2.05, 4.69) is 10.7 Å². The van der Waals surface area contributed by atoms with Gasteiger partial charge in [-0.25, -0.2) is 4.68 Å². The minimum Gasteiger partial charge on any atom is -0.330 e. The van der Waals surface area contributed by atoms with Gasteiger partial charge in [-0.2, -0.15) is 0 Å². The number of pyridine rings is 1. The molecule has 17 heavy (non-hydrogen) atoms. The highest BCUT2D eigenvalue weighted by Crippen LogP contribution is 2.24. The molecular formula is C12H13N5. The van der Waals surface area contributed by atoms with Crippen molar-refractivity contribution >= 4 is 5.82 Å². The Balaban J connectivity index is 2.06. The van der Waals surface area contributed by atoms with Crippen LogP contribution in [-0.4, -0.2) is 4.68 Å². The van der Waals surface area contributed by atoms with Gasteiger partial charge in [0, 0.05) is 5.56 Å². The lowest BCUT2D eigenvalue weighted by molar-refractivity contribution is 0.563. The summed E-state index contributed by atoms with van der Waals surface area (Å²) in [6.07, 6.45) is 0. The van der Waals surface area contributed by atoms with E-state index in [0.29, 0.717) is 5.49 Å². The number of nitrogens with zero attached hydrogens (tertiary/aromatic N) is 1. The lowest BCUT2D eigenvalue weighted by Crippen LogP contribution is -2.50. The van der Waals surface area contributed by atoms with Crippen molar-refractivity contribution in [2.45, 2.75) is 5.79 Å². The number of anilines is 1. The average molecular weight is 227 g/mol. The lowest BCUT2D eigenvalue weighted by atomic mass is 10.1. The summed E-state index contributed by atoms with van der Waals surface area (Å²) in [4.78, 5) is 0. The largest absolute Gasteiger partial charge is 0.330 e. The number of fused-ring (bicyclic) bond motifs is 1. The topological polar surface area (TPSA) is 78.9 Å². The van der Waals surface area contributed by atoms with E-state index >= 15 is 0 Å². The van der Waals surface area contributed by atoms with Crippen LogP contribution < -0.4 is 22.0 Å². The van der Waals surface area contributed by atoms with E-state index in [1.165, 1.54) is 0 Å². The van der Waals surface area contributed by atoms with Gasteiger partial charge >= 0.3 is 0 Å². The zero-order chi connectivity index (χ0) is 11.9. The first kappa shape index (κ1) is 9.92. The summed E-state index contributed by atoms with van der Waals surface area (Å²) in [6.45, 7) is 0. The zero-order valence-electron chi connectivity index (χ0n) is 9.14. The van der Waals surface area contributed by atoms with Crippen molar-refractivity contribution in [1.29, 1.82) is 5.41 Å². The fourth-order valence-corrected chi connectivity index (χ4v) is 1.97. The van der Waals surface area contributed by atoms with Crippen molar-refractivity contribution in [1.82, 2.24) is 4.68 Å². The predicted octanol–water partition coefficient (Wildman–Crippen LogP) is 0.706. The van der Waals surface area contributed by atoms with Gasteiger partial charge in [0.1, 0.15) is 11.3 Å². The molecule has 0 spiro atoms. The first-order chi connectivity index (χ1) is 8.19. The molecule has 2 aromatic rings. The van der Waals surface area contributed by atoms with Gasteiger partial charge in [0.25, 0.3) is 0 Å². The number of hydrogen-bond acceptors (Lipinski definition) is 4. The normalized spacial score (nSPS) is 21.5. The Morgan fingerprint density at radius 1 is 1.06 bits per heavy atom. The van der Waals surface area contributed by atoms with E-state index in [9.17, 15) is 0 Å². The monoisotopic (exact) mass is 227 g/mol. The Morgan fingerprint density at radius 3 is 2.53 bits per heavy atom. The van der Waals surface area contributed by atoms with Crippen LogP contribution in [0.25, 0.3) is 0 Å². The molecule has 0 amide bonds. The molecule has 1 aromatic carbocycles. The number of benzene rings is 1. The van der Waals surface area contributed by atoms with Gasteiger partial charge in [-0.3, -0.25) is 16.6 Å². The molecule has 0 bridgehead atoms. The molecule has 0 saturated carbocycles. The smallest absolute Gasteiger partial charge is 0.204 e. The molecule has 5 heteroatoms. The summed E-state index contributed by atoms with van der Waals surface area (Å²) < 4.78 is 1.63. The highest BCUT2D eigenvalue weighted by molar-refractivity contribution is 5.48. The van der Waals surface area contributed by atoms with Gasteiger partial charge in [-0.05, 0) is 12.1 Å². The molecule has 1 aromatic heterocycles. The number of aromatic nitrogens is 1. The second-order valence-electron chi connectivity index (χ2n) is 4.04. The van der Waals surface area contributed by atoms with E-state index in [-0.39, 0.29) is 0 Å². The SMILES string of the molecule is N=c1cccc2n1NC(N)(c1ccccc1)N2. The molecule has 2 heterocycles. The minimum atomic E-state index is -0.870. The molecule has 1 aliphatic heterocycles. The van der Waals surface area contributed by atoms with E-state index in [4.69, 9.17) is 11.1 Å². The molecule has 5 nitrogen and oxygen atoms in total. The first-order valence-corrected chi connectivity index (χ1v) is 5.36. The standard InChI is InChI=1S/C12H13N5/c13-10-7-4-8-11-15-12(14,16-17(10)11)9-5-2-1-3-6-9/h1-8,13,15-16H,14H2. The van der Waals surface area contributed by atoms with E-state index in [1.54, 1.807) is 10.7 Å². The van der Waals surface area contributed by atoms with Crippen molar-refractivity contribution in [3.8, 4) is 0 Å². The Labute approximate surface area is 98.4 Å². The summed E-state index contributed by atoms with van der Waals surface area (Å²) in [7, 11) is 0. The molecule has 1 aliphatic rings. The summed E-state index contributed by atoms with van der Waals surface area (Å²) in [5.74, 6) is -0.0883. The van der Waals surface area contributed by atoms with Crippen LogP contribution in [0.2, 0.25) is 0 Å². The minimum absolute atomic E-state index is 0.359. The van der Waals surface area contributed by atoms with Crippen LogP contribution in [0.1, 0.15) is 5.56 Å². The highest BCUT2D eigenvalue weighted by Gasteiger charge is 2.33. The molecule has 0 radical (unpaired) electrons. The van der Waals surface area contributed by atoms with Crippen LogP contribution in [-0.2, 0) is 5.79 Å². The third-order valence-electron chi connectivity index (χ3n) is 2.83. The third kappa shape index (κ3) is 1.48. The van der Waals surface area contributed by atoms with Crippen molar-refractivity contribution in [3.63, 3.8) is 0 Å². The lowest BCUT2D eigenvalue weighted by Gasteiger charge is -2.25. The Kier molecular flexibility index (Phi) is 1.96. The van der Waals surface area contributed by atoms with Crippen LogP contribution in [0.4, 0.5) is 5.82 Å². The molecule has 0 aliphatic carbocycles. The van der Waals surface area contributed by atoms with Gasteiger partial charge in [-0.15, -0.1) is 0 Å². The second kappa shape index (κ2) is 3.36. The van der Waals surface area contributed by atoms with E-state index in [1.807, 2.05) is 42.5 Å². The van der Waals surface area contributed by atoms with Gasteiger partial charge in [0.2, 0.25) is 5.79 Å². The molecule has 0 fully saturated rings. The fraction of sp³-hybridized carbons (Fsp3) is 0.0833. The maximum atomic E-state index is 7.80. The Morgan fingerprint density at radius 2 is 1.82 bits per heavy atom. The maximum Gasteiger partial charge on any atom is 0.204 e. The van der Waals surface area contributed by atoms with Crippen LogP contribution >= 0.6 is 0 Å². The molecule has 0 saturated heterocycles. The van der Waals surface area contributed by atoms with Crippen LogP contribution in [0.5, 0.6) is 0 Å². The molecule has 86 valence electrons. The molecular weight excluding hydrogens is 214 g/mol. The number of rotatable bonds is 1. The summed E-state index contributed by atoms with van der Waals surface area (Å²) in [5.41, 5.74) is 10.6. The van der Waals surface area contributed by atoms with Crippen molar-refractivity contribution in [2.24, 2.45) is 5.73 Å². The van der Waals surface area contributed by atoms with E-state index in [0.717, 1.165) is 11.4 Å². The van der Waals surface area contributed by atoms with Crippen molar-refractivity contribution in [2.75, 3.05) is 10.7 Å². The van der Waals surface area contributed by atoms with Crippen molar-refractivity contribution < 1.29 is 0 Å². The first-order valence-electron chi connectivity index (χ1n) is 5.36. The third-order valence-corrected chi connectivity index (χ3v) is 2.83. The highest BCUT2D eigenvalue weighted by atomic mass is 15.6. The number of hydrogen-bond donors (Lipinski definition) is 4. The van der Waals surface area contributed by atoms with Gasteiger partial charge < -0.3 is 5.32 Å². The molecule has 5 N–H and O–H groups in total. The van der Waals surface area contributed by atoms with E-state index < -0.39 is 5.79 Å². The fourth-order valence-electron chi connectivity index (χ4n) is 1.97. The maximum absolute atomic E-state index is 7.80. The summed E-state index contributed by atoms with van der Waals surface area (Å²) >= 11 is 0. The predicted molar refractivity (Wildman–Crippen MR) is 65.6 cm³/mol. The molecule has 1 atom stereocenters. The summed E-state index contributed by atoms with van der Waals surface area (Å²) in [5, 5.41) is 11.0. The molecule has 1 unspecified atom stereocenters. The number of nitrogens with one attached hydrogen (secondary N) is 3. The van der Waals surface area contributed by atoms with Crippen molar-refractivity contribution in [3.05, 3.63) is 59.6 Å². The van der Waals surface area contributed by atoms with Crippen LogP contribution in [0, 0.1) is 5.41 Å². The Bertz CT molecular complexity index is 604. The van der Waals surface area contributed by atoms with Crippen LogP contribution in [0.3, 0.4) is 0 Å². The summed E-state index contributed by atoms with van der Waals surface area (Å²) in [6, 6.07) is 15.1. The average Bonchev–Trinajstić information content (AvgIpc) is 2.70. The van der Waals surface area contributed by atoms with Gasteiger partial charge in [0.05, 0.1) is 0 Å². The van der Waals surface area contributed by atoms with Crippen LogP contribution in [0.15, 0.2) is 48.5 Å². The van der Waals surface area contributed by atoms with Gasteiger partial charge in [0.15, 0.2) is 0 Å². The quantitative estimate of drug-likeness (QED) is 0.579. The molecule has 3 rings (SSSR count). The number of nitrogens with two attached hydrogens (primary N) is 1. The Hall–Kier alpha value is -2.27. The second-order valence-corrected chi connectivity index (χ2v) is 4.04. The zero-order valence-corrected chi connectivity index (χ0v) is 9.14.